The zero-order valence-corrected chi connectivity index (χ0v) is 23.7. The molecule has 6 nitrogen and oxygen atoms in total. The Bertz CT molecular complexity index is 1580. The summed E-state index contributed by atoms with van der Waals surface area (Å²) in [5.74, 6) is 0.980. The molecule has 0 amide bonds. The van der Waals surface area contributed by atoms with Gasteiger partial charge >= 0.3 is 0 Å². The van der Waals surface area contributed by atoms with Gasteiger partial charge in [-0.05, 0) is 43.0 Å². The zero-order valence-electron chi connectivity index (χ0n) is 23.7. The van der Waals surface area contributed by atoms with Crippen molar-refractivity contribution in [3.63, 3.8) is 0 Å². The zero-order chi connectivity index (χ0) is 28.4. The van der Waals surface area contributed by atoms with E-state index >= 15 is 0 Å². The molecule has 0 atom stereocenters. The Labute approximate surface area is 242 Å². The summed E-state index contributed by atoms with van der Waals surface area (Å²) in [6, 6.07) is 28.3. The van der Waals surface area contributed by atoms with E-state index in [9.17, 15) is 5.11 Å². The van der Waals surface area contributed by atoms with Gasteiger partial charge in [-0.15, -0.1) is 0 Å². The van der Waals surface area contributed by atoms with Crippen LogP contribution in [-0.2, 0) is 12.8 Å². The smallest absolute Gasteiger partial charge is 0.219 e. The van der Waals surface area contributed by atoms with E-state index in [1.165, 1.54) is 6.42 Å². The number of allylic oxidation sites excluding steroid dienone is 1. The van der Waals surface area contributed by atoms with Crippen molar-refractivity contribution in [1.29, 1.82) is 0 Å². The van der Waals surface area contributed by atoms with Crippen molar-refractivity contribution in [3.05, 3.63) is 126 Å². The Morgan fingerprint density at radius 1 is 0.829 bits per heavy atom. The molecule has 210 valence electrons. The highest BCUT2D eigenvalue weighted by atomic mass is 16.5. The van der Waals surface area contributed by atoms with E-state index in [4.69, 9.17) is 14.7 Å². The molecule has 0 fully saturated rings. The molecule has 0 aliphatic heterocycles. The molecule has 0 bridgehead atoms. The van der Waals surface area contributed by atoms with Crippen molar-refractivity contribution >= 4 is 5.65 Å². The standard InChI is InChI=1S/C35H38N4O2/c1-26(2)36-20-11-3-4-12-21-41-30-19-13-16-28(22-30)24-32-35(40)39-25-33(29-17-9-6-10-18-29)37-31(34(39)38-32)23-27-14-7-5-8-15-27/h5-10,13-19,22,25,36,40H,1,3-4,11-12,20-21,23-24H2,2H3. The van der Waals surface area contributed by atoms with Crippen LogP contribution < -0.4 is 10.1 Å². The SMILES string of the molecule is C=C(C)NCCCCCCOc1cccc(Cc2nc3c(Cc4ccccc4)nc(-c4ccccc4)cn3c2O)c1. The topological polar surface area (TPSA) is 71.7 Å². The van der Waals surface area contributed by atoms with Gasteiger partial charge in [0.05, 0.1) is 18.0 Å². The fraction of sp³-hybridized carbons (Fsp3) is 0.257. The Balaban J connectivity index is 1.31. The number of nitrogens with zero attached hydrogens (tertiary/aromatic N) is 3. The van der Waals surface area contributed by atoms with E-state index < -0.39 is 0 Å². The molecule has 6 heteroatoms. The van der Waals surface area contributed by atoms with Crippen LogP contribution in [-0.4, -0.2) is 32.6 Å². The van der Waals surface area contributed by atoms with Crippen LogP contribution in [0.1, 0.15) is 55.1 Å². The molecule has 5 rings (SSSR count). The van der Waals surface area contributed by atoms with Crippen LogP contribution in [0.5, 0.6) is 11.6 Å². The van der Waals surface area contributed by atoms with Gasteiger partial charge in [-0.2, -0.15) is 0 Å². The van der Waals surface area contributed by atoms with E-state index in [0.717, 1.165) is 65.3 Å². The lowest BCUT2D eigenvalue weighted by Crippen LogP contribution is -2.11. The van der Waals surface area contributed by atoms with Gasteiger partial charge in [-0.1, -0.05) is 92.2 Å². The van der Waals surface area contributed by atoms with Crippen molar-refractivity contribution in [1.82, 2.24) is 19.7 Å². The summed E-state index contributed by atoms with van der Waals surface area (Å²) >= 11 is 0. The van der Waals surface area contributed by atoms with Crippen LogP contribution in [0.3, 0.4) is 0 Å². The van der Waals surface area contributed by atoms with Crippen LogP contribution in [0.25, 0.3) is 16.9 Å². The number of ether oxygens (including phenoxy) is 1. The molecular formula is C35H38N4O2. The molecule has 2 N–H and O–H groups in total. The maximum Gasteiger partial charge on any atom is 0.219 e. The van der Waals surface area contributed by atoms with Crippen LogP contribution in [0.4, 0.5) is 0 Å². The maximum atomic E-state index is 11.3. The lowest BCUT2D eigenvalue weighted by atomic mass is 10.1. The Hall–Kier alpha value is -4.58. The fourth-order valence-corrected chi connectivity index (χ4v) is 4.93. The molecular weight excluding hydrogens is 508 g/mol. The molecule has 0 saturated heterocycles. The Morgan fingerprint density at radius 3 is 2.32 bits per heavy atom. The lowest BCUT2D eigenvalue weighted by Gasteiger charge is -2.08. The molecule has 0 radical (unpaired) electrons. The molecule has 2 heterocycles. The second-order valence-electron chi connectivity index (χ2n) is 10.5. The first-order valence-corrected chi connectivity index (χ1v) is 14.4. The minimum Gasteiger partial charge on any atom is -0.494 e. The van der Waals surface area contributed by atoms with Crippen molar-refractivity contribution in [2.45, 2.75) is 45.4 Å². The first-order chi connectivity index (χ1) is 20.1. The number of hydrogen-bond donors (Lipinski definition) is 2. The molecule has 2 aromatic heterocycles. The number of imidazole rings is 1. The van der Waals surface area contributed by atoms with Crippen molar-refractivity contribution in [3.8, 4) is 22.9 Å². The Morgan fingerprint density at radius 2 is 1.54 bits per heavy atom. The number of nitrogens with one attached hydrogen (secondary N) is 1. The minimum atomic E-state index is 0.140. The van der Waals surface area contributed by atoms with E-state index in [1.807, 2.05) is 85.9 Å². The van der Waals surface area contributed by atoms with Crippen LogP contribution >= 0.6 is 0 Å². The maximum absolute atomic E-state index is 11.3. The quantitative estimate of drug-likeness (QED) is 0.143. The van der Waals surface area contributed by atoms with Gasteiger partial charge < -0.3 is 15.2 Å². The average molecular weight is 547 g/mol. The second kappa shape index (κ2) is 13.7. The third kappa shape index (κ3) is 7.54. The summed E-state index contributed by atoms with van der Waals surface area (Å²) < 4.78 is 7.81. The first kappa shape index (κ1) is 28.0. The van der Waals surface area contributed by atoms with Gasteiger partial charge in [0.15, 0.2) is 5.65 Å². The number of aromatic nitrogens is 3. The largest absolute Gasteiger partial charge is 0.494 e. The van der Waals surface area contributed by atoms with Crippen LogP contribution in [0.15, 0.2) is 103 Å². The summed E-state index contributed by atoms with van der Waals surface area (Å²) in [4.78, 5) is 9.88. The number of unbranched alkanes of at least 4 members (excludes halogenated alkanes) is 3. The van der Waals surface area contributed by atoms with E-state index in [0.29, 0.717) is 30.8 Å². The molecule has 0 aliphatic rings. The second-order valence-corrected chi connectivity index (χ2v) is 10.5. The van der Waals surface area contributed by atoms with Crippen LogP contribution in [0.2, 0.25) is 0 Å². The van der Waals surface area contributed by atoms with Crippen molar-refractivity contribution in [2.75, 3.05) is 13.2 Å². The highest BCUT2D eigenvalue weighted by molar-refractivity contribution is 5.63. The van der Waals surface area contributed by atoms with Crippen molar-refractivity contribution < 1.29 is 9.84 Å². The van der Waals surface area contributed by atoms with E-state index in [2.05, 4.69) is 24.0 Å². The van der Waals surface area contributed by atoms with Crippen molar-refractivity contribution in [2.24, 2.45) is 0 Å². The summed E-state index contributed by atoms with van der Waals surface area (Å²) in [6.07, 6.45) is 7.45. The predicted octanol–water partition coefficient (Wildman–Crippen LogP) is 7.35. The van der Waals surface area contributed by atoms with E-state index in [-0.39, 0.29) is 5.88 Å². The van der Waals surface area contributed by atoms with Gasteiger partial charge in [-0.3, -0.25) is 4.40 Å². The highest BCUT2D eigenvalue weighted by Gasteiger charge is 2.18. The average Bonchev–Trinajstić information content (AvgIpc) is 3.30. The molecule has 3 aromatic carbocycles. The lowest BCUT2D eigenvalue weighted by molar-refractivity contribution is 0.304. The number of benzene rings is 3. The highest BCUT2D eigenvalue weighted by Crippen LogP contribution is 2.29. The molecule has 41 heavy (non-hydrogen) atoms. The third-order valence-corrected chi connectivity index (χ3v) is 7.04. The van der Waals surface area contributed by atoms with Gasteiger partial charge in [0.2, 0.25) is 5.88 Å². The number of aromatic hydroxyl groups is 1. The van der Waals surface area contributed by atoms with Crippen LogP contribution in [0, 0.1) is 0 Å². The number of hydrogen-bond acceptors (Lipinski definition) is 5. The summed E-state index contributed by atoms with van der Waals surface area (Å²) in [7, 11) is 0. The summed E-state index contributed by atoms with van der Waals surface area (Å²) in [5.41, 5.74) is 7.10. The molecule has 0 spiro atoms. The minimum absolute atomic E-state index is 0.140. The third-order valence-electron chi connectivity index (χ3n) is 7.04. The van der Waals surface area contributed by atoms with Gasteiger partial charge in [0.25, 0.3) is 0 Å². The summed E-state index contributed by atoms with van der Waals surface area (Å²) in [6.45, 7) is 7.52. The number of rotatable bonds is 14. The van der Waals surface area contributed by atoms with E-state index in [1.54, 1.807) is 4.40 Å². The first-order valence-electron chi connectivity index (χ1n) is 14.4. The predicted molar refractivity (Wildman–Crippen MR) is 165 cm³/mol. The molecule has 0 saturated carbocycles. The van der Waals surface area contributed by atoms with Gasteiger partial charge in [0.1, 0.15) is 11.4 Å². The number of fused-ring (bicyclic) bond motifs is 1. The van der Waals surface area contributed by atoms with Gasteiger partial charge in [0, 0.05) is 36.8 Å². The Kier molecular flexibility index (Phi) is 9.32. The summed E-state index contributed by atoms with van der Waals surface area (Å²) in [5, 5.41) is 14.6. The normalized spacial score (nSPS) is 11.0. The monoisotopic (exact) mass is 546 g/mol. The molecule has 5 aromatic rings. The molecule has 0 unspecified atom stereocenters. The fourth-order valence-electron chi connectivity index (χ4n) is 4.93. The molecule has 0 aliphatic carbocycles. The van der Waals surface area contributed by atoms with Gasteiger partial charge in [-0.25, -0.2) is 9.97 Å².